The second kappa shape index (κ2) is 62.5. The predicted molar refractivity (Wildman–Crippen MR) is 354 cm³/mol. The van der Waals surface area contributed by atoms with E-state index in [0.29, 0.717) is 31.6 Å². The van der Waals surface area contributed by atoms with E-state index in [2.05, 4.69) is 34.6 Å². The van der Waals surface area contributed by atoms with Gasteiger partial charge >= 0.3 is 39.5 Å². The van der Waals surface area contributed by atoms with Crippen LogP contribution in [0.5, 0.6) is 0 Å². The first kappa shape index (κ1) is 86.1. The van der Waals surface area contributed by atoms with Crippen molar-refractivity contribution in [1.82, 2.24) is 0 Å². The predicted octanol–water partition coefficient (Wildman–Crippen LogP) is 19.7. The van der Waals surface area contributed by atoms with Crippen molar-refractivity contribution in [3.8, 4) is 0 Å². The van der Waals surface area contributed by atoms with Gasteiger partial charge in [0.1, 0.15) is 19.3 Å². The highest BCUT2D eigenvalue weighted by atomic mass is 31.2. The number of phosphoric ester groups is 2. The van der Waals surface area contributed by atoms with E-state index in [9.17, 15) is 43.2 Å². The molecule has 0 aliphatic carbocycles. The molecule has 17 nitrogen and oxygen atoms in total. The summed E-state index contributed by atoms with van der Waals surface area (Å²) in [7, 11) is -9.89. The maximum Gasteiger partial charge on any atom is 0.472 e. The molecule has 522 valence electrons. The summed E-state index contributed by atoms with van der Waals surface area (Å²) in [6, 6.07) is 0. The van der Waals surface area contributed by atoms with Gasteiger partial charge in [0.15, 0.2) is 12.2 Å². The summed E-state index contributed by atoms with van der Waals surface area (Å²) < 4.78 is 68.2. The molecule has 2 unspecified atom stereocenters. The molecule has 0 aromatic carbocycles. The van der Waals surface area contributed by atoms with Crippen molar-refractivity contribution in [3.05, 3.63) is 0 Å². The SMILES string of the molecule is CCCCCCCCCCCCCCCCCCC(=O)O[C@H](COC(=O)CCCCCCCCCCCCCCC)COP(=O)(O)OC[C@@H](O)COP(=O)(O)OC[C@@H](COC(=O)CCCCCCCCC(C)C)OC(=O)CCCCCCCCCCCC. The van der Waals surface area contributed by atoms with Crippen molar-refractivity contribution >= 4 is 39.5 Å². The minimum Gasteiger partial charge on any atom is -0.462 e. The van der Waals surface area contributed by atoms with Crippen LogP contribution in [0.4, 0.5) is 0 Å². The van der Waals surface area contributed by atoms with E-state index in [1.54, 1.807) is 0 Å². The molecule has 0 fully saturated rings. The Hall–Kier alpha value is -1.94. The van der Waals surface area contributed by atoms with Gasteiger partial charge in [-0.05, 0) is 31.6 Å². The zero-order valence-corrected chi connectivity index (χ0v) is 58.6. The zero-order valence-electron chi connectivity index (χ0n) is 56.9. The van der Waals surface area contributed by atoms with Gasteiger partial charge in [-0.2, -0.15) is 0 Å². The highest BCUT2D eigenvalue weighted by molar-refractivity contribution is 7.47. The average molecular weight is 1300 g/mol. The van der Waals surface area contributed by atoms with E-state index in [1.165, 1.54) is 173 Å². The van der Waals surface area contributed by atoms with Crippen LogP contribution in [0.25, 0.3) is 0 Å². The molecule has 0 saturated heterocycles. The largest absolute Gasteiger partial charge is 0.472 e. The summed E-state index contributed by atoms with van der Waals surface area (Å²) in [4.78, 5) is 72.4. The number of esters is 4. The lowest BCUT2D eigenvalue weighted by atomic mass is 10.0. The van der Waals surface area contributed by atoms with Crippen molar-refractivity contribution in [3.63, 3.8) is 0 Å². The Bertz CT molecular complexity index is 1700. The van der Waals surface area contributed by atoms with Crippen LogP contribution in [-0.2, 0) is 65.4 Å². The van der Waals surface area contributed by atoms with E-state index in [-0.39, 0.29) is 25.7 Å². The van der Waals surface area contributed by atoms with Crippen LogP contribution in [0.3, 0.4) is 0 Å². The Kier molecular flexibility index (Phi) is 61.1. The smallest absolute Gasteiger partial charge is 0.462 e. The number of hydrogen-bond donors (Lipinski definition) is 3. The highest BCUT2D eigenvalue weighted by Gasteiger charge is 2.30. The summed E-state index contributed by atoms with van der Waals surface area (Å²) in [6.07, 6.45) is 48.6. The molecule has 0 radical (unpaired) electrons. The molecule has 0 aliphatic heterocycles. The third-order valence-corrected chi connectivity index (χ3v) is 17.9. The van der Waals surface area contributed by atoms with Crippen molar-refractivity contribution in [1.29, 1.82) is 0 Å². The number of carbonyl (C=O) groups is 4. The minimum absolute atomic E-state index is 0.106. The number of aliphatic hydroxyl groups is 1. The van der Waals surface area contributed by atoms with Gasteiger partial charge in [-0.15, -0.1) is 0 Å². The molecular weight excluding hydrogens is 1160 g/mol. The van der Waals surface area contributed by atoms with Crippen LogP contribution in [0, 0.1) is 5.92 Å². The van der Waals surface area contributed by atoms with Crippen molar-refractivity contribution in [2.45, 2.75) is 374 Å². The molecule has 0 amide bonds. The van der Waals surface area contributed by atoms with E-state index >= 15 is 0 Å². The molecule has 0 saturated carbocycles. The Balaban J connectivity index is 5.22. The lowest BCUT2D eigenvalue weighted by molar-refractivity contribution is -0.161. The van der Waals surface area contributed by atoms with E-state index < -0.39 is 97.5 Å². The Morgan fingerprint density at radius 1 is 0.307 bits per heavy atom. The molecule has 5 atom stereocenters. The number of ether oxygens (including phenoxy) is 4. The van der Waals surface area contributed by atoms with E-state index in [0.717, 1.165) is 96.3 Å². The monoisotopic (exact) mass is 1300 g/mol. The van der Waals surface area contributed by atoms with Gasteiger partial charge in [0.25, 0.3) is 0 Å². The third kappa shape index (κ3) is 62.8. The average Bonchev–Trinajstić information content (AvgIpc) is 3.67. The molecule has 0 aliphatic rings. The minimum atomic E-state index is -4.95. The Morgan fingerprint density at radius 3 is 0.773 bits per heavy atom. The van der Waals surface area contributed by atoms with Crippen LogP contribution in [0.15, 0.2) is 0 Å². The van der Waals surface area contributed by atoms with Crippen LogP contribution in [0.1, 0.15) is 356 Å². The summed E-state index contributed by atoms with van der Waals surface area (Å²) >= 11 is 0. The molecule has 0 rings (SSSR count). The number of aliphatic hydroxyl groups excluding tert-OH is 1. The topological polar surface area (TPSA) is 237 Å². The lowest BCUT2D eigenvalue weighted by Gasteiger charge is -2.21. The second-order valence-corrected chi connectivity index (χ2v) is 28.3. The first-order valence-corrected chi connectivity index (χ1v) is 39.1. The van der Waals surface area contributed by atoms with Crippen LogP contribution >= 0.6 is 15.6 Å². The standard InChI is InChI=1S/C69H134O17P2/c1-6-9-12-15-18-21-24-26-27-28-30-32-35-38-45-50-55-69(74)85-64(58-79-66(71)52-47-42-36-34-31-29-25-22-19-16-13-10-7-2)60-83-87(75,76)81-56-63(70)57-82-88(77,78)84-61-65(59-80-67(72)53-48-43-40-39-41-46-51-62(4)5)86-68(73)54-49-44-37-33-23-20-17-14-11-8-3/h62-65,70H,6-61H2,1-5H3,(H,75,76)(H,77,78)/t63-,64-,65-/m1/s1. The number of unbranched alkanes of at least 4 members (excludes halogenated alkanes) is 41. The molecule has 0 aromatic heterocycles. The Morgan fingerprint density at radius 2 is 0.523 bits per heavy atom. The van der Waals surface area contributed by atoms with Crippen molar-refractivity contribution < 1.29 is 80.2 Å². The molecule has 0 heterocycles. The summed E-state index contributed by atoms with van der Waals surface area (Å²) in [5, 5.41) is 10.6. The quantitative estimate of drug-likeness (QED) is 0.0222. The fourth-order valence-corrected chi connectivity index (χ4v) is 12.0. The fraction of sp³-hybridized carbons (Fsp3) is 0.942. The highest BCUT2D eigenvalue weighted by Crippen LogP contribution is 2.45. The van der Waals surface area contributed by atoms with Gasteiger partial charge in [0.2, 0.25) is 0 Å². The normalized spacial score (nSPS) is 14.1. The number of rotatable bonds is 69. The molecule has 88 heavy (non-hydrogen) atoms. The van der Waals surface area contributed by atoms with Gasteiger partial charge in [-0.1, -0.05) is 304 Å². The summed E-state index contributed by atoms with van der Waals surface area (Å²) in [5.74, 6) is -1.44. The fourth-order valence-electron chi connectivity index (χ4n) is 10.5. The number of hydrogen-bond acceptors (Lipinski definition) is 15. The third-order valence-electron chi connectivity index (χ3n) is 16.0. The lowest BCUT2D eigenvalue weighted by Crippen LogP contribution is -2.30. The molecule has 3 N–H and O–H groups in total. The van der Waals surface area contributed by atoms with Crippen molar-refractivity contribution in [2.75, 3.05) is 39.6 Å². The Labute approximate surface area is 537 Å². The first-order chi connectivity index (χ1) is 42.5. The van der Waals surface area contributed by atoms with Crippen LogP contribution in [-0.4, -0.2) is 96.7 Å². The number of phosphoric acid groups is 2. The summed E-state index contributed by atoms with van der Waals surface area (Å²) in [5.41, 5.74) is 0. The van der Waals surface area contributed by atoms with Gasteiger partial charge in [-0.3, -0.25) is 37.3 Å². The van der Waals surface area contributed by atoms with Gasteiger partial charge < -0.3 is 33.8 Å². The van der Waals surface area contributed by atoms with Gasteiger partial charge in [-0.25, -0.2) is 9.13 Å². The molecular formula is C69H134O17P2. The molecule has 0 aromatic rings. The van der Waals surface area contributed by atoms with E-state index in [1.807, 2.05) is 0 Å². The molecule has 0 spiro atoms. The maximum absolute atomic E-state index is 13.0. The maximum atomic E-state index is 13.0. The second-order valence-electron chi connectivity index (χ2n) is 25.4. The molecule has 0 bridgehead atoms. The molecule has 19 heteroatoms. The van der Waals surface area contributed by atoms with E-state index in [4.69, 9.17) is 37.0 Å². The van der Waals surface area contributed by atoms with Crippen molar-refractivity contribution in [2.24, 2.45) is 5.92 Å². The summed E-state index contributed by atoms with van der Waals surface area (Å²) in [6.45, 7) is 7.15. The van der Waals surface area contributed by atoms with Gasteiger partial charge in [0.05, 0.1) is 26.4 Å². The van der Waals surface area contributed by atoms with Crippen LogP contribution in [0.2, 0.25) is 0 Å². The van der Waals surface area contributed by atoms with Gasteiger partial charge in [0, 0.05) is 25.7 Å². The van der Waals surface area contributed by atoms with Crippen LogP contribution < -0.4 is 0 Å². The zero-order chi connectivity index (χ0) is 64.9. The first-order valence-electron chi connectivity index (χ1n) is 36.1. The number of carbonyl (C=O) groups excluding carboxylic acids is 4.